The van der Waals surface area contributed by atoms with Crippen molar-refractivity contribution in [3.05, 3.63) is 0 Å². The van der Waals surface area contributed by atoms with Crippen LogP contribution in [0.15, 0.2) is 0 Å². The summed E-state index contributed by atoms with van der Waals surface area (Å²) >= 11 is 0. The Morgan fingerprint density at radius 3 is 2.33 bits per heavy atom. The van der Waals surface area contributed by atoms with Crippen LogP contribution < -0.4 is 0 Å². The Hall–Kier alpha value is -1.06. The fourth-order valence-corrected chi connectivity index (χ4v) is 1.52. The molecular weight excluding hydrogens is 196 g/mol. The van der Waals surface area contributed by atoms with E-state index in [9.17, 15) is 9.59 Å². The maximum absolute atomic E-state index is 10.9. The van der Waals surface area contributed by atoms with Crippen LogP contribution in [0.1, 0.15) is 46.5 Å². The lowest BCUT2D eigenvalue weighted by atomic mass is 9.96. The van der Waals surface area contributed by atoms with E-state index in [-0.39, 0.29) is 0 Å². The molecule has 0 saturated heterocycles. The summed E-state index contributed by atoms with van der Waals surface area (Å²) in [6.07, 6.45) is 2.94. The van der Waals surface area contributed by atoms with Gasteiger partial charge in [-0.3, -0.25) is 9.59 Å². The van der Waals surface area contributed by atoms with E-state index in [1.807, 2.05) is 0 Å². The number of aliphatic carboxylic acids is 1. The van der Waals surface area contributed by atoms with Crippen molar-refractivity contribution in [3.8, 4) is 0 Å². The number of carbonyl (C=O) groups is 2. The van der Waals surface area contributed by atoms with E-state index in [0.29, 0.717) is 6.42 Å². The summed E-state index contributed by atoms with van der Waals surface area (Å²) in [6, 6.07) is 0. The largest absolute Gasteiger partial charge is 0.481 e. The van der Waals surface area contributed by atoms with Crippen LogP contribution in [0.25, 0.3) is 0 Å². The fraction of sp³-hybridized carbons (Fsp3) is 0.818. The van der Waals surface area contributed by atoms with Crippen molar-refractivity contribution in [3.63, 3.8) is 0 Å². The molecule has 0 aromatic carbocycles. The Balaban J connectivity index is 4.13. The van der Waals surface area contributed by atoms with Gasteiger partial charge in [-0.15, -0.1) is 0 Å². The second-order valence-corrected chi connectivity index (χ2v) is 3.76. The molecule has 0 heterocycles. The second-order valence-electron chi connectivity index (χ2n) is 3.76. The normalized spacial score (nSPS) is 14.3. The lowest BCUT2D eigenvalue weighted by Gasteiger charge is -2.19. The Morgan fingerprint density at radius 1 is 1.33 bits per heavy atom. The number of hydrogen-bond acceptors (Lipinski definition) is 3. The van der Waals surface area contributed by atoms with Crippen molar-refractivity contribution < 1.29 is 19.4 Å². The molecule has 0 amide bonds. The highest BCUT2D eigenvalue weighted by Crippen LogP contribution is 2.17. The van der Waals surface area contributed by atoms with Gasteiger partial charge in [0, 0.05) is 6.92 Å². The monoisotopic (exact) mass is 216 g/mol. The summed E-state index contributed by atoms with van der Waals surface area (Å²) in [5, 5.41) is 8.96. The number of carboxylic acid groups (broad SMARTS) is 1. The topological polar surface area (TPSA) is 63.6 Å². The highest BCUT2D eigenvalue weighted by molar-refractivity contribution is 5.72. The van der Waals surface area contributed by atoms with Gasteiger partial charge < -0.3 is 9.84 Å². The number of unbranched alkanes of at least 4 members (excludes halogenated alkanes) is 2. The lowest BCUT2D eigenvalue weighted by molar-refractivity contribution is -0.156. The van der Waals surface area contributed by atoms with Crippen LogP contribution in [0.3, 0.4) is 0 Å². The number of carboxylic acids is 1. The minimum Gasteiger partial charge on any atom is -0.481 e. The number of hydrogen-bond donors (Lipinski definition) is 1. The van der Waals surface area contributed by atoms with Gasteiger partial charge in [0.15, 0.2) is 0 Å². The quantitative estimate of drug-likeness (QED) is 0.523. The molecule has 0 spiro atoms. The van der Waals surface area contributed by atoms with Crippen molar-refractivity contribution in [2.75, 3.05) is 0 Å². The first-order valence-corrected chi connectivity index (χ1v) is 5.39. The van der Waals surface area contributed by atoms with Gasteiger partial charge in [0.25, 0.3) is 0 Å². The van der Waals surface area contributed by atoms with Gasteiger partial charge in [-0.05, 0) is 13.3 Å². The molecule has 0 bridgehead atoms. The molecule has 0 saturated carbocycles. The molecule has 2 atom stereocenters. The zero-order valence-corrected chi connectivity index (χ0v) is 9.66. The third-order valence-electron chi connectivity index (χ3n) is 2.35. The predicted molar refractivity (Wildman–Crippen MR) is 56.5 cm³/mol. The number of rotatable bonds is 7. The van der Waals surface area contributed by atoms with E-state index >= 15 is 0 Å². The summed E-state index contributed by atoms with van der Waals surface area (Å²) in [5.41, 5.74) is 0. The predicted octanol–water partition coefficient (Wildman–Crippen LogP) is 2.22. The fourth-order valence-electron chi connectivity index (χ4n) is 1.52. The minimum atomic E-state index is -0.889. The zero-order chi connectivity index (χ0) is 11.8. The molecule has 0 aliphatic rings. The molecule has 0 fully saturated rings. The summed E-state index contributed by atoms with van der Waals surface area (Å²) in [6.45, 7) is 4.98. The lowest BCUT2D eigenvalue weighted by Crippen LogP contribution is -2.29. The maximum atomic E-state index is 10.9. The van der Waals surface area contributed by atoms with Crippen molar-refractivity contribution in [1.29, 1.82) is 0 Å². The summed E-state index contributed by atoms with van der Waals surface area (Å²) in [7, 11) is 0. The van der Waals surface area contributed by atoms with E-state index < -0.39 is 24.0 Å². The second kappa shape index (κ2) is 7.26. The molecule has 0 rings (SSSR count). The molecule has 0 aliphatic heterocycles. The Kier molecular flexibility index (Phi) is 6.75. The van der Waals surface area contributed by atoms with E-state index in [1.165, 1.54) is 6.92 Å². The minimum absolute atomic E-state index is 0.427. The summed E-state index contributed by atoms with van der Waals surface area (Å²) in [4.78, 5) is 21.6. The Morgan fingerprint density at radius 2 is 1.93 bits per heavy atom. The molecule has 1 N–H and O–H groups in total. The Bertz CT molecular complexity index is 213. The molecular formula is C11H20O4. The SMILES string of the molecule is CCCCC[C@H](C(=O)O)[C@H](C)OC(C)=O. The van der Waals surface area contributed by atoms with Crippen LogP contribution in [0.4, 0.5) is 0 Å². The molecule has 4 heteroatoms. The van der Waals surface area contributed by atoms with E-state index in [1.54, 1.807) is 6.92 Å². The van der Waals surface area contributed by atoms with Crippen molar-refractivity contribution in [1.82, 2.24) is 0 Å². The maximum Gasteiger partial charge on any atom is 0.310 e. The first-order chi connectivity index (χ1) is 6.99. The first-order valence-electron chi connectivity index (χ1n) is 5.39. The highest BCUT2D eigenvalue weighted by Gasteiger charge is 2.26. The van der Waals surface area contributed by atoms with Crippen molar-refractivity contribution in [2.45, 2.75) is 52.6 Å². The molecule has 0 aromatic rings. The van der Waals surface area contributed by atoms with Gasteiger partial charge in [-0.25, -0.2) is 0 Å². The molecule has 0 aliphatic carbocycles. The van der Waals surface area contributed by atoms with Gasteiger partial charge in [0.2, 0.25) is 0 Å². The number of carbonyl (C=O) groups excluding carboxylic acids is 1. The van der Waals surface area contributed by atoms with E-state index in [2.05, 4.69) is 6.92 Å². The van der Waals surface area contributed by atoms with E-state index in [4.69, 9.17) is 9.84 Å². The van der Waals surface area contributed by atoms with Crippen LogP contribution in [0.2, 0.25) is 0 Å². The van der Waals surface area contributed by atoms with Gasteiger partial charge in [0.05, 0.1) is 5.92 Å². The average molecular weight is 216 g/mol. The van der Waals surface area contributed by atoms with Crippen LogP contribution in [0.5, 0.6) is 0 Å². The van der Waals surface area contributed by atoms with Gasteiger partial charge in [0.1, 0.15) is 6.10 Å². The average Bonchev–Trinajstić information content (AvgIpc) is 2.10. The van der Waals surface area contributed by atoms with Gasteiger partial charge >= 0.3 is 11.9 Å². The summed E-state index contributed by atoms with van der Waals surface area (Å²) < 4.78 is 4.88. The van der Waals surface area contributed by atoms with Gasteiger partial charge in [-0.1, -0.05) is 26.2 Å². The van der Waals surface area contributed by atoms with Crippen LogP contribution in [0, 0.1) is 5.92 Å². The standard InChI is InChI=1S/C11H20O4/c1-4-5-6-7-10(11(13)14)8(2)15-9(3)12/h8,10H,4-7H2,1-3H3,(H,13,14)/t8-,10-/m0/s1. The van der Waals surface area contributed by atoms with Crippen LogP contribution in [-0.4, -0.2) is 23.1 Å². The zero-order valence-electron chi connectivity index (χ0n) is 9.66. The van der Waals surface area contributed by atoms with E-state index in [0.717, 1.165) is 19.3 Å². The molecule has 88 valence electrons. The van der Waals surface area contributed by atoms with Crippen molar-refractivity contribution in [2.24, 2.45) is 5.92 Å². The number of ether oxygens (including phenoxy) is 1. The number of esters is 1. The third kappa shape index (κ3) is 6.10. The van der Waals surface area contributed by atoms with Crippen molar-refractivity contribution >= 4 is 11.9 Å². The molecule has 15 heavy (non-hydrogen) atoms. The molecule has 0 radical (unpaired) electrons. The van der Waals surface area contributed by atoms with Crippen LogP contribution >= 0.6 is 0 Å². The van der Waals surface area contributed by atoms with Gasteiger partial charge in [-0.2, -0.15) is 0 Å². The molecule has 0 aromatic heterocycles. The molecule has 4 nitrogen and oxygen atoms in total. The first kappa shape index (κ1) is 13.9. The highest BCUT2D eigenvalue weighted by atomic mass is 16.5. The van der Waals surface area contributed by atoms with Crippen LogP contribution in [-0.2, 0) is 14.3 Å². The smallest absolute Gasteiger partial charge is 0.310 e. The Labute approximate surface area is 90.6 Å². The molecule has 0 unspecified atom stereocenters. The summed E-state index contributed by atoms with van der Waals surface area (Å²) in [5.74, 6) is -1.90. The third-order valence-corrected chi connectivity index (χ3v) is 2.35.